The second-order valence-electron chi connectivity index (χ2n) is 14.5. The molecule has 5 heterocycles. The third-order valence-electron chi connectivity index (χ3n) is 10.1. The Labute approximate surface area is 324 Å². The maximum absolute atomic E-state index is 13.5. The number of imidazole rings is 2. The van der Waals surface area contributed by atoms with Crippen LogP contribution in [-0.4, -0.2) is 93.1 Å². The molecule has 1 aromatic carbocycles. The largest absolute Gasteiger partial charge is 0.453 e. The molecule has 15 heteroatoms. The molecule has 2 aliphatic rings. The number of carbonyl (C=O) groups excluding carboxylic acids is 4. The van der Waals surface area contributed by atoms with Crippen LogP contribution in [0.4, 0.5) is 9.59 Å². The first-order valence-electron chi connectivity index (χ1n) is 18.6. The molecule has 14 nitrogen and oxygen atoms in total. The Bertz CT molecular complexity index is 2060. The highest BCUT2D eigenvalue weighted by Crippen LogP contribution is 2.35. The summed E-state index contributed by atoms with van der Waals surface area (Å²) in [6.45, 7) is 8.78. The lowest BCUT2D eigenvalue weighted by atomic mass is 10.0. The zero-order valence-electron chi connectivity index (χ0n) is 32.0. The van der Waals surface area contributed by atoms with Crippen molar-refractivity contribution in [1.82, 2.24) is 40.4 Å². The molecule has 2 fully saturated rings. The van der Waals surface area contributed by atoms with Gasteiger partial charge in [-0.15, -0.1) is 11.3 Å². The number of aromatic nitrogens is 4. The molecule has 55 heavy (non-hydrogen) atoms. The van der Waals surface area contributed by atoms with Crippen molar-refractivity contribution in [3.8, 4) is 33.8 Å². The predicted molar refractivity (Wildman–Crippen MR) is 208 cm³/mol. The smallest absolute Gasteiger partial charge is 0.407 e. The van der Waals surface area contributed by atoms with Crippen LogP contribution in [0.1, 0.15) is 87.4 Å². The molecule has 4 atom stereocenters. The SMILES string of the molecule is COC(=O)N[C@H](C(=O)N1CCCC1c1cnc(-c2ccc(C#Cc3ccc(-c4cnc([C@@H]5CCCN5C(=O)[C@@H](NC(=O)OC)C(C)C)[nH]4)cc3)s2)[nH]1)C(C)C. The third kappa shape index (κ3) is 8.86. The first-order chi connectivity index (χ1) is 26.5. The Morgan fingerprint density at radius 3 is 1.98 bits per heavy atom. The number of amides is 4. The van der Waals surface area contributed by atoms with Crippen LogP contribution in [0.5, 0.6) is 0 Å². The zero-order chi connectivity index (χ0) is 39.2. The van der Waals surface area contributed by atoms with Gasteiger partial charge in [0.15, 0.2) is 0 Å². The van der Waals surface area contributed by atoms with Gasteiger partial charge >= 0.3 is 12.2 Å². The maximum atomic E-state index is 13.5. The monoisotopic (exact) mass is 768 g/mol. The molecule has 290 valence electrons. The molecule has 2 aliphatic heterocycles. The molecule has 0 saturated carbocycles. The number of rotatable bonds is 10. The number of thiophene rings is 1. The fourth-order valence-electron chi connectivity index (χ4n) is 7.11. The van der Waals surface area contributed by atoms with E-state index in [9.17, 15) is 19.2 Å². The van der Waals surface area contributed by atoms with E-state index >= 15 is 0 Å². The topological polar surface area (TPSA) is 175 Å². The van der Waals surface area contributed by atoms with Gasteiger partial charge in [-0.3, -0.25) is 9.59 Å². The van der Waals surface area contributed by atoms with E-state index in [1.807, 2.05) is 69.0 Å². The van der Waals surface area contributed by atoms with Gasteiger partial charge in [0.2, 0.25) is 11.8 Å². The number of hydrogen-bond donors (Lipinski definition) is 4. The number of hydrogen-bond acceptors (Lipinski definition) is 9. The van der Waals surface area contributed by atoms with Gasteiger partial charge in [0.25, 0.3) is 0 Å². The Kier molecular flexibility index (Phi) is 12.2. The fourth-order valence-corrected chi connectivity index (χ4v) is 7.92. The van der Waals surface area contributed by atoms with E-state index < -0.39 is 24.3 Å². The number of ether oxygens (including phenoxy) is 2. The van der Waals surface area contributed by atoms with E-state index in [1.54, 1.807) is 17.3 Å². The molecule has 1 unspecified atom stereocenters. The Balaban J connectivity index is 1.09. The molecule has 3 aromatic heterocycles. The Morgan fingerprint density at radius 1 is 0.782 bits per heavy atom. The van der Waals surface area contributed by atoms with E-state index in [2.05, 4.69) is 42.4 Å². The van der Waals surface area contributed by atoms with Gasteiger partial charge in [-0.25, -0.2) is 19.6 Å². The van der Waals surface area contributed by atoms with Crippen molar-refractivity contribution in [3.63, 3.8) is 0 Å². The molecule has 0 aliphatic carbocycles. The number of aromatic amines is 2. The molecular weight excluding hydrogens is 721 g/mol. The van der Waals surface area contributed by atoms with Gasteiger partial charge in [0.1, 0.15) is 23.7 Å². The number of methoxy groups -OCH3 is 2. The number of benzene rings is 1. The Hall–Kier alpha value is -5.62. The van der Waals surface area contributed by atoms with Crippen molar-refractivity contribution >= 4 is 35.3 Å². The minimum atomic E-state index is -0.690. The minimum absolute atomic E-state index is 0.102. The fraction of sp³-hybridized carbons (Fsp3) is 0.450. The van der Waals surface area contributed by atoms with Crippen LogP contribution in [0.2, 0.25) is 0 Å². The van der Waals surface area contributed by atoms with Crippen LogP contribution in [-0.2, 0) is 19.1 Å². The standard InChI is InChI=1S/C40H48N8O6S/c1-23(2)33(45-39(51)53-5)37(49)47-19-7-9-30(47)29-22-42-36(44-29)32-18-17-27(55-32)16-13-25-11-14-26(15-12-25)28-21-41-35(43-28)31-10-8-20-48(31)38(50)34(24(3)4)46-40(52)54-6/h11-12,14-15,17-18,21-24,30-31,33-34H,7-10,19-20H2,1-6H3,(H,41,43)(H,42,44)(H,45,51)(H,46,52)/t30?,31-,33-,34-/m0/s1. The van der Waals surface area contributed by atoms with Crippen molar-refractivity contribution in [1.29, 1.82) is 0 Å². The number of H-pyrrole nitrogens is 2. The van der Waals surface area contributed by atoms with Gasteiger partial charge in [0.05, 0.1) is 59.8 Å². The first kappa shape index (κ1) is 39.1. The lowest BCUT2D eigenvalue weighted by Gasteiger charge is -2.30. The summed E-state index contributed by atoms with van der Waals surface area (Å²) in [4.78, 5) is 72.4. The number of likely N-dealkylation sites (tertiary alicyclic amines) is 2. The van der Waals surface area contributed by atoms with Crippen LogP contribution in [0.25, 0.3) is 22.0 Å². The molecule has 0 spiro atoms. The maximum Gasteiger partial charge on any atom is 0.407 e. The minimum Gasteiger partial charge on any atom is -0.453 e. The third-order valence-corrected chi connectivity index (χ3v) is 11.1. The number of nitrogens with one attached hydrogen (secondary N) is 4. The summed E-state index contributed by atoms with van der Waals surface area (Å²) in [6.07, 6.45) is 5.59. The lowest BCUT2D eigenvalue weighted by molar-refractivity contribution is -0.136. The molecule has 6 rings (SSSR count). The summed E-state index contributed by atoms with van der Waals surface area (Å²) in [7, 11) is 2.57. The second-order valence-corrected chi connectivity index (χ2v) is 15.5. The van der Waals surface area contributed by atoms with Gasteiger partial charge < -0.3 is 39.9 Å². The molecule has 4 aromatic rings. The number of nitrogens with zero attached hydrogens (tertiary/aromatic N) is 4. The highest BCUT2D eigenvalue weighted by molar-refractivity contribution is 7.15. The van der Waals surface area contributed by atoms with Crippen molar-refractivity contribution in [3.05, 3.63) is 70.8 Å². The molecule has 2 saturated heterocycles. The zero-order valence-corrected chi connectivity index (χ0v) is 32.8. The van der Waals surface area contributed by atoms with Gasteiger partial charge in [-0.1, -0.05) is 51.7 Å². The summed E-state index contributed by atoms with van der Waals surface area (Å²) in [6, 6.07) is 10.1. The quantitative estimate of drug-likeness (QED) is 0.142. The molecule has 0 bridgehead atoms. The van der Waals surface area contributed by atoms with Gasteiger partial charge in [-0.05, 0) is 67.3 Å². The summed E-state index contributed by atoms with van der Waals surface area (Å²) in [5.74, 6) is 7.46. The number of alkyl carbamates (subject to hydrolysis) is 2. The highest BCUT2D eigenvalue weighted by Gasteiger charge is 2.38. The van der Waals surface area contributed by atoms with E-state index in [-0.39, 0.29) is 35.7 Å². The summed E-state index contributed by atoms with van der Waals surface area (Å²) in [5, 5.41) is 5.38. The van der Waals surface area contributed by atoms with Gasteiger partial charge in [-0.2, -0.15) is 0 Å². The number of carbonyl (C=O) groups is 4. The van der Waals surface area contributed by atoms with Crippen LogP contribution >= 0.6 is 11.3 Å². The van der Waals surface area contributed by atoms with E-state index in [0.29, 0.717) is 24.7 Å². The predicted octanol–water partition coefficient (Wildman–Crippen LogP) is 6.02. The highest BCUT2D eigenvalue weighted by atomic mass is 32.1. The van der Waals surface area contributed by atoms with E-state index in [1.165, 1.54) is 25.6 Å². The average molecular weight is 769 g/mol. The second kappa shape index (κ2) is 17.2. The van der Waals surface area contributed by atoms with Crippen molar-refractivity contribution < 1.29 is 28.7 Å². The molecule has 4 N–H and O–H groups in total. The first-order valence-corrected chi connectivity index (χ1v) is 19.4. The van der Waals surface area contributed by atoms with Crippen LogP contribution < -0.4 is 10.6 Å². The normalized spacial score (nSPS) is 17.8. The Morgan fingerprint density at radius 2 is 1.38 bits per heavy atom. The van der Waals surface area contributed by atoms with Crippen molar-refractivity contribution in [2.24, 2.45) is 11.8 Å². The summed E-state index contributed by atoms with van der Waals surface area (Å²) in [5.41, 5.74) is 3.50. The van der Waals surface area contributed by atoms with E-state index in [4.69, 9.17) is 9.47 Å². The van der Waals surface area contributed by atoms with Crippen LogP contribution in [0.15, 0.2) is 48.8 Å². The molecule has 0 radical (unpaired) electrons. The van der Waals surface area contributed by atoms with E-state index in [0.717, 1.165) is 58.0 Å². The summed E-state index contributed by atoms with van der Waals surface area (Å²) < 4.78 is 9.49. The van der Waals surface area contributed by atoms with Gasteiger partial charge in [0, 0.05) is 18.7 Å². The van der Waals surface area contributed by atoms with Crippen LogP contribution in [0, 0.1) is 23.7 Å². The van der Waals surface area contributed by atoms with Crippen LogP contribution in [0.3, 0.4) is 0 Å². The van der Waals surface area contributed by atoms with Crippen molar-refractivity contribution in [2.75, 3.05) is 27.3 Å². The molecule has 4 amide bonds. The summed E-state index contributed by atoms with van der Waals surface area (Å²) >= 11 is 1.53. The average Bonchev–Trinajstić information content (AvgIpc) is 4.03. The lowest BCUT2D eigenvalue weighted by Crippen LogP contribution is -2.51. The van der Waals surface area contributed by atoms with Crippen molar-refractivity contribution in [2.45, 2.75) is 77.5 Å². The molecular formula is C40H48N8O6S.